The van der Waals surface area contributed by atoms with E-state index in [0.717, 1.165) is 18.4 Å². The molecule has 100 valence electrons. The standard InChI is InChI=1S/C15H22O3/c1-2-3-4-5-6-7-10-13-11-8-9-12-14(13)18-15(16)17/h8-9,11-12H,2-7,10H2,1H3,(H,16,17). The van der Waals surface area contributed by atoms with Crippen molar-refractivity contribution in [2.45, 2.75) is 51.9 Å². The molecule has 1 N–H and O–H groups in total. The van der Waals surface area contributed by atoms with Gasteiger partial charge < -0.3 is 9.84 Å². The van der Waals surface area contributed by atoms with Crippen molar-refractivity contribution in [3.05, 3.63) is 29.8 Å². The summed E-state index contributed by atoms with van der Waals surface area (Å²) < 4.78 is 4.76. The van der Waals surface area contributed by atoms with E-state index in [0.29, 0.717) is 5.75 Å². The van der Waals surface area contributed by atoms with E-state index < -0.39 is 6.16 Å². The lowest BCUT2D eigenvalue weighted by atomic mass is 10.0. The highest BCUT2D eigenvalue weighted by Crippen LogP contribution is 2.20. The minimum Gasteiger partial charge on any atom is -0.449 e. The molecule has 0 fully saturated rings. The summed E-state index contributed by atoms with van der Waals surface area (Å²) in [5, 5.41) is 8.64. The van der Waals surface area contributed by atoms with Crippen molar-refractivity contribution in [2.24, 2.45) is 0 Å². The monoisotopic (exact) mass is 250 g/mol. The SMILES string of the molecule is CCCCCCCCc1ccccc1OC(=O)O. The Kier molecular flexibility index (Phi) is 6.92. The van der Waals surface area contributed by atoms with Crippen molar-refractivity contribution in [1.29, 1.82) is 0 Å². The third-order valence-corrected chi connectivity index (χ3v) is 2.97. The lowest BCUT2D eigenvalue weighted by molar-refractivity contribution is 0.144. The molecule has 0 saturated carbocycles. The molecule has 18 heavy (non-hydrogen) atoms. The third-order valence-electron chi connectivity index (χ3n) is 2.97. The maximum atomic E-state index is 10.5. The first kappa shape index (κ1) is 14.6. The van der Waals surface area contributed by atoms with Crippen LogP contribution in [0.2, 0.25) is 0 Å². The van der Waals surface area contributed by atoms with Gasteiger partial charge in [-0.05, 0) is 24.5 Å². The first-order valence-corrected chi connectivity index (χ1v) is 6.72. The molecule has 0 spiro atoms. The summed E-state index contributed by atoms with van der Waals surface area (Å²) in [7, 11) is 0. The fourth-order valence-electron chi connectivity index (χ4n) is 2.00. The molecule has 0 aliphatic heterocycles. The van der Waals surface area contributed by atoms with E-state index in [1.165, 1.54) is 32.1 Å². The summed E-state index contributed by atoms with van der Waals surface area (Å²) in [5.74, 6) is 0.471. The Morgan fingerprint density at radius 3 is 2.50 bits per heavy atom. The summed E-state index contributed by atoms with van der Waals surface area (Å²) in [6.45, 7) is 2.21. The van der Waals surface area contributed by atoms with Crippen molar-refractivity contribution < 1.29 is 14.6 Å². The number of benzene rings is 1. The van der Waals surface area contributed by atoms with E-state index in [1.54, 1.807) is 12.1 Å². The molecule has 0 unspecified atom stereocenters. The van der Waals surface area contributed by atoms with Gasteiger partial charge in [0.25, 0.3) is 0 Å². The molecule has 0 amide bonds. The predicted molar refractivity (Wildman–Crippen MR) is 72.2 cm³/mol. The number of para-hydroxylation sites is 1. The van der Waals surface area contributed by atoms with Crippen LogP contribution in [0, 0.1) is 0 Å². The average Bonchev–Trinajstić information content (AvgIpc) is 2.35. The van der Waals surface area contributed by atoms with Crippen LogP contribution in [0.4, 0.5) is 4.79 Å². The maximum Gasteiger partial charge on any atom is 0.511 e. The van der Waals surface area contributed by atoms with E-state index in [-0.39, 0.29) is 0 Å². The number of unbranched alkanes of at least 4 members (excludes halogenated alkanes) is 5. The largest absolute Gasteiger partial charge is 0.511 e. The smallest absolute Gasteiger partial charge is 0.449 e. The number of aryl methyl sites for hydroxylation is 1. The summed E-state index contributed by atoms with van der Waals surface area (Å²) in [4.78, 5) is 10.5. The quantitative estimate of drug-likeness (QED) is 0.415. The minimum absolute atomic E-state index is 0.471. The molecule has 1 aromatic carbocycles. The Morgan fingerprint density at radius 2 is 1.78 bits per heavy atom. The lowest BCUT2D eigenvalue weighted by Crippen LogP contribution is -2.05. The van der Waals surface area contributed by atoms with Crippen LogP contribution in [-0.2, 0) is 6.42 Å². The van der Waals surface area contributed by atoms with Crippen molar-refractivity contribution in [3.8, 4) is 5.75 Å². The van der Waals surface area contributed by atoms with Gasteiger partial charge in [0, 0.05) is 0 Å². The molecule has 0 radical (unpaired) electrons. The van der Waals surface area contributed by atoms with Crippen LogP contribution in [-0.4, -0.2) is 11.3 Å². The van der Waals surface area contributed by atoms with Crippen molar-refractivity contribution in [2.75, 3.05) is 0 Å². The molecule has 0 bridgehead atoms. The van der Waals surface area contributed by atoms with Gasteiger partial charge >= 0.3 is 6.16 Å². The van der Waals surface area contributed by atoms with Gasteiger partial charge in [-0.2, -0.15) is 0 Å². The Bertz CT molecular complexity index is 361. The zero-order chi connectivity index (χ0) is 13.2. The van der Waals surface area contributed by atoms with Gasteiger partial charge in [-0.15, -0.1) is 0 Å². The Morgan fingerprint density at radius 1 is 1.11 bits per heavy atom. The van der Waals surface area contributed by atoms with Crippen molar-refractivity contribution in [3.63, 3.8) is 0 Å². The fourth-order valence-corrected chi connectivity index (χ4v) is 2.00. The molecule has 0 saturated heterocycles. The summed E-state index contributed by atoms with van der Waals surface area (Å²) in [6.07, 6.45) is 7.04. The molecule has 0 aliphatic rings. The van der Waals surface area contributed by atoms with Crippen LogP contribution in [0.15, 0.2) is 24.3 Å². The zero-order valence-electron chi connectivity index (χ0n) is 11.0. The Labute approximate surface area is 109 Å². The Hall–Kier alpha value is -1.51. The average molecular weight is 250 g/mol. The van der Waals surface area contributed by atoms with E-state index in [9.17, 15) is 4.79 Å². The van der Waals surface area contributed by atoms with Gasteiger partial charge in [0.1, 0.15) is 5.75 Å². The normalized spacial score (nSPS) is 10.3. The highest BCUT2D eigenvalue weighted by atomic mass is 16.7. The van der Waals surface area contributed by atoms with Crippen molar-refractivity contribution >= 4 is 6.16 Å². The van der Waals surface area contributed by atoms with Crippen LogP contribution < -0.4 is 4.74 Å². The van der Waals surface area contributed by atoms with Crippen LogP contribution in [0.25, 0.3) is 0 Å². The van der Waals surface area contributed by atoms with Gasteiger partial charge in [-0.25, -0.2) is 4.79 Å². The van der Waals surface area contributed by atoms with E-state index >= 15 is 0 Å². The van der Waals surface area contributed by atoms with Gasteiger partial charge in [0.05, 0.1) is 0 Å². The van der Waals surface area contributed by atoms with Crippen LogP contribution >= 0.6 is 0 Å². The van der Waals surface area contributed by atoms with Gasteiger partial charge in [-0.3, -0.25) is 0 Å². The van der Waals surface area contributed by atoms with E-state index in [2.05, 4.69) is 6.92 Å². The molecule has 3 heteroatoms. The number of rotatable bonds is 8. The van der Waals surface area contributed by atoms with Crippen LogP contribution in [0.5, 0.6) is 5.75 Å². The number of carbonyl (C=O) groups is 1. The lowest BCUT2D eigenvalue weighted by Gasteiger charge is -2.07. The van der Waals surface area contributed by atoms with Crippen LogP contribution in [0.3, 0.4) is 0 Å². The third kappa shape index (κ3) is 5.71. The molecule has 1 rings (SSSR count). The minimum atomic E-state index is -1.25. The van der Waals surface area contributed by atoms with Gasteiger partial charge in [0.15, 0.2) is 0 Å². The first-order valence-electron chi connectivity index (χ1n) is 6.72. The first-order chi connectivity index (χ1) is 8.74. The van der Waals surface area contributed by atoms with Crippen LogP contribution in [0.1, 0.15) is 51.0 Å². The molecule has 3 nitrogen and oxygen atoms in total. The highest BCUT2D eigenvalue weighted by Gasteiger charge is 2.06. The molecule has 0 aliphatic carbocycles. The predicted octanol–water partition coefficient (Wildman–Crippen LogP) is 4.65. The van der Waals surface area contributed by atoms with E-state index in [4.69, 9.17) is 9.84 Å². The summed E-state index contributed by atoms with van der Waals surface area (Å²) in [5.41, 5.74) is 0.982. The van der Waals surface area contributed by atoms with Gasteiger partial charge in [-0.1, -0.05) is 57.2 Å². The summed E-state index contributed by atoms with van der Waals surface area (Å²) in [6, 6.07) is 7.36. The van der Waals surface area contributed by atoms with Gasteiger partial charge in [0.2, 0.25) is 0 Å². The second-order valence-corrected chi connectivity index (χ2v) is 4.49. The number of hydrogen-bond donors (Lipinski definition) is 1. The maximum absolute atomic E-state index is 10.5. The molecule has 0 atom stereocenters. The number of hydrogen-bond acceptors (Lipinski definition) is 2. The second kappa shape index (κ2) is 8.56. The van der Waals surface area contributed by atoms with E-state index in [1.807, 2.05) is 12.1 Å². The topological polar surface area (TPSA) is 46.5 Å². The number of ether oxygens (including phenoxy) is 1. The second-order valence-electron chi connectivity index (χ2n) is 4.49. The molecule has 1 aromatic rings. The molecular weight excluding hydrogens is 228 g/mol. The summed E-state index contributed by atoms with van der Waals surface area (Å²) >= 11 is 0. The zero-order valence-corrected chi connectivity index (χ0v) is 11.0. The van der Waals surface area contributed by atoms with Crippen molar-refractivity contribution in [1.82, 2.24) is 0 Å². The highest BCUT2D eigenvalue weighted by molar-refractivity contribution is 5.62. The Balaban J connectivity index is 2.34. The molecule has 0 aromatic heterocycles. The fraction of sp³-hybridized carbons (Fsp3) is 0.533. The molecular formula is C15H22O3. The number of carboxylic acid groups (broad SMARTS) is 1. The molecule has 0 heterocycles.